The van der Waals surface area contributed by atoms with Crippen molar-refractivity contribution in [2.45, 2.75) is 18.7 Å². The first-order valence-corrected chi connectivity index (χ1v) is 8.50. The smallest absolute Gasteiger partial charge is 0.265 e. The number of pyridine rings is 1. The average molecular weight is 331 g/mol. The number of ether oxygens (including phenoxy) is 1. The lowest BCUT2D eigenvalue weighted by Gasteiger charge is -2.14. The van der Waals surface area contributed by atoms with Crippen LogP contribution in [0.15, 0.2) is 47.8 Å². The van der Waals surface area contributed by atoms with Gasteiger partial charge < -0.3 is 9.14 Å². The van der Waals surface area contributed by atoms with Crippen molar-refractivity contribution in [1.82, 2.24) is 9.38 Å². The fourth-order valence-electron chi connectivity index (χ4n) is 2.36. The largest absolute Gasteiger partial charge is 0.495 e. The Labute approximate surface area is 134 Å². The molecular weight excluding hydrogens is 314 g/mol. The van der Waals surface area contributed by atoms with Crippen LogP contribution in [0.1, 0.15) is 11.1 Å². The minimum Gasteiger partial charge on any atom is -0.495 e. The van der Waals surface area contributed by atoms with Crippen LogP contribution in [-0.2, 0) is 10.0 Å². The van der Waals surface area contributed by atoms with Crippen molar-refractivity contribution >= 4 is 21.4 Å². The molecule has 6 nitrogen and oxygen atoms in total. The van der Waals surface area contributed by atoms with Gasteiger partial charge >= 0.3 is 0 Å². The molecule has 23 heavy (non-hydrogen) atoms. The van der Waals surface area contributed by atoms with Crippen LogP contribution in [0, 0.1) is 13.8 Å². The van der Waals surface area contributed by atoms with Gasteiger partial charge in [0, 0.05) is 18.6 Å². The molecule has 120 valence electrons. The Kier molecular flexibility index (Phi) is 3.73. The summed E-state index contributed by atoms with van der Waals surface area (Å²) in [5.41, 5.74) is 2.80. The van der Waals surface area contributed by atoms with Crippen LogP contribution in [-0.4, -0.2) is 24.9 Å². The molecule has 3 rings (SSSR count). The van der Waals surface area contributed by atoms with Crippen LogP contribution in [0.4, 0.5) is 5.69 Å². The molecule has 0 bridgehead atoms. The Balaban J connectivity index is 2.09. The summed E-state index contributed by atoms with van der Waals surface area (Å²) in [4.78, 5) is 4.28. The summed E-state index contributed by atoms with van der Waals surface area (Å²) in [7, 11) is -2.34. The first kappa shape index (κ1) is 15.4. The molecule has 1 aromatic carbocycles. The van der Waals surface area contributed by atoms with Gasteiger partial charge in [-0.3, -0.25) is 4.72 Å². The average Bonchev–Trinajstić information content (AvgIpc) is 2.99. The number of hydrogen-bond donors (Lipinski definition) is 1. The highest BCUT2D eigenvalue weighted by molar-refractivity contribution is 7.92. The fourth-order valence-corrected chi connectivity index (χ4v) is 3.66. The minimum absolute atomic E-state index is 0.108. The van der Waals surface area contributed by atoms with Gasteiger partial charge in [-0.1, -0.05) is 0 Å². The molecule has 2 heterocycles. The third-order valence-electron chi connectivity index (χ3n) is 3.73. The highest BCUT2D eigenvalue weighted by Gasteiger charge is 2.22. The van der Waals surface area contributed by atoms with Gasteiger partial charge in [0.1, 0.15) is 10.6 Å². The van der Waals surface area contributed by atoms with E-state index in [1.807, 2.05) is 13.8 Å². The number of hydrogen-bond acceptors (Lipinski definition) is 4. The minimum atomic E-state index is -3.79. The summed E-state index contributed by atoms with van der Waals surface area (Å²) in [5.74, 6) is 0.316. The Bertz CT molecular complexity index is 977. The van der Waals surface area contributed by atoms with E-state index in [0.29, 0.717) is 17.1 Å². The van der Waals surface area contributed by atoms with E-state index < -0.39 is 10.0 Å². The molecule has 0 aliphatic rings. The maximum Gasteiger partial charge on any atom is 0.265 e. The standard InChI is InChI=1S/C16H17N3O3S/c1-11-9-14(22-3)15(10-12(11)2)23(20,21)18-13-5-4-7-19-8-6-17-16(13)19/h4-10,18H,1-3H3. The molecule has 3 aromatic rings. The number of aromatic nitrogens is 2. The lowest BCUT2D eigenvalue weighted by Crippen LogP contribution is -2.15. The molecule has 0 radical (unpaired) electrons. The third kappa shape index (κ3) is 2.75. The van der Waals surface area contributed by atoms with Crippen molar-refractivity contribution in [3.05, 3.63) is 54.0 Å². The van der Waals surface area contributed by atoms with Crippen LogP contribution < -0.4 is 9.46 Å². The number of fused-ring (bicyclic) bond motifs is 1. The maximum atomic E-state index is 12.8. The molecule has 0 fully saturated rings. The summed E-state index contributed by atoms with van der Waals surface area (Å²) in [6.45, 7) is 3.77. The molecule has 0 aliphatic heterocycles. The first-order chi connectivity index (χ1) is 10.9. The van der Waals surface area contributed by atoms with Gasteiger partial charge in [0.05, 0.1) is 12.8 Å². The van der Waals surface area contributed by atoms with Crippen molar-refractivity contribution in [3.8, 4) is 5.75 Å². The highest BCUT2D eigenvalue weighted by Crippen LogP contribution is 2.29. The molecular formula is C16H17N3O3S. The van der Waals surface area contributed by atoms with Crippen LogP contribution in [0.3, 0.4) is 0 Å². The van der Waals surface area contributed by atoms with Gasteiger partial charge in [0.25, 0.3) is 10.0 Å². The summed E-state index contributed by atoms with van der Waals surface area (Å²) >= 11 is 0. The molecule has 1 N–H and O–H groups in total. The second-order valence-electron chi connectivity index (χ2n) is 5.27. The SMILES string of the molecule is COc1cc(C)c(C)cc1S(=O)(=O)Nc1cccn2ccnc12. The number of benzene rings is 1. The van der Waals surface area contributed by atoms with Crippen LogP contribution in [0.25, 0.3) is 5.65 Å². The zero-order valence-corrected chi connectivity index (χ0v) is 13.9. The number of nitrogens with one attached hydrogen (secondary N) is 1. The van der Waals surface area contributed by atoms with E-state index in [0.717, 1.165) is 11.1 Å². The number of aryl methyl sites for hydroxylation is 2. The monoisotopic (exact) mass is 331 g/mol. The van der Waals surface area contributed by atoms with Crippen LogP contribution in [0.2, 0.25) is 0 Å². The van der Waals surface area contributed by atoms with Crippen molar-refractivity contribution in [1.29, 1.82) is 0 Å². The first-order valence-electron chi connectivity index (χ1n) is 7.02. The molecule has 0 spiro atoms. The Morgan fingerprint density at radius 2 is 1.91 bits per heavy atom. The summed E-state index contributed by atoms with van der Waals surface area (Å²) in [6.07, 6.45) is 5.17. The number of nitrogens with zero attached hydrogens (tertiary/aromatic N) is 2. The van der Waals surface area contributed by atoms with Gasteiger partial charge in [-0.2, -0.15) is 0 Å². The van der Waals surface area contributed by atoms with Crippen LogP contribution in [0.5, 0.6) is 5.75 Å². The molecule has 0 unspecified atom stereocenters. The van der Waals surface area contributed by atoms with Crippen molar-refractivity contribution in [3.63, 3.8) is 0 Å². The molecule has 0 amide bonds. The van der Waals surface area contributed by atoms with E-state index in [2.05, 4.69) is 9.71 Å². The molecule has 0 atom stereocenters. The second-order valence-corrected chi connectivity index (χ2v) is 6.92. The van der Waals surface area contributed by atoms with Gasteiger partial charge in [-0.15, -0.1) is 0 Å². The van der Waals surface area contributed by atoms with Crippen LogP contribution >= 0.6 is 0 Å². The number of rotatable bonds is 4. The number of anilines is 1. The van der Waals surface area contributed by atoms with Gasteiger partial charge in [-0.05, 0) is 49.2 Å². The van der Waals surface area contributed by atoms with Crippen molar-refractivity contribution in [2.75, 3.05) is 11.8 Å². The third-order valence-corrected chi connectivity index (χ3v) is 5.12. The summed E-state index contributed by atoms with van der Waals surface area (Å²) in [6, 6.07) is 6.76. The fraction of sp³-hybridized carbons (Fsp3) is 0.188. The van der Waals surface area contributed by atoms with Gasteiger partial charge in [-0.25, -0.2) is 13.4 Å². The number of imidazole rings is 1. The zero-order chi connectivity index (χ0) is 16.6. The molecule has 0 aliphatic carbocycles. The van der Waals surface area contributed by atoms with E-state index in [1.54, 1.807) is 47.3 Å². The predicted molar refractivity (Wildman–Crippen MR) is 88.5 cm³/mol. The molecule has 0 saturated heterocycles. The van der Waals surface area contributed by atoms with Gasteiger partial charge in [0.2, 0.25) is 0 Å². The normalized spacial score (nSPS) is 11.6. The lowest BCUT2D eigenvalue weighted by molar-refractivity contribution is 0.402. The Hall–Kier alpha value is -2.54. The van der Waals surface area contributed by atoms with Gasteiger partial charge in [0.15, 0.2) is 5.65 Å². The zero-order valence-electron chi connectivity index (χ0n) is 13.1. The predicted octanol–water partition coefficient (Wildman–Crippen LogP) is 2.76. The number of methoxy groups -OCH3 is 1. The highest BCUT2D eigenvalue weighted by atomic mass is 32.2. The van der Waals surface area contributed by atoms with Crippen molar-refractivity contribution < 1.29 is 13.2 Å². The quantitative estimate of drug-likeness (QED) is 0.798. The molecule has 2 aromatic heterocycles. The Morgan fingerprint density at radius 3 is 2.65 bits per heavy atom. The van der Waals surface area contributed by atoms with E-state index in [4.69, 9.17) is 4.74 Å². The summed E-state index contributed by atoms with van der Waals surface area (Å²) in [5, 5.41) is 0. The summed E-state index contributed by atoms with van der Waals surface area (Å²) < 4.78 is 35.1. The lowest BCUT2D eigenvalue weighted by atomic mass is 10.1. The number of sulfonamides is 1. The second kappa shape index (κ2) is 5.58. The topological polar surface area (TPSA) is 72.7 Å². The molecule has 7 heteroatoms. The van der Waals surface area contributed by atoms with E-state index in [1.165, 1.54) is 7.11 Å². The van der Waals surface area contributed by atoms with E-state index in [9.17, 15) is 8.42 Å². The van der Waals surface area contributed by atoms with Crippen molar-refractivity contribution in [2.24, 2.45) is 0 Å². The maximum absolute atomic E-state index is 12.8. The Morgan fingerprint density at radius 1 is 1.17 bits per heavy atom. The molecule has 0 saturated carbocycles. The van der Waals surface area contributed by atoms with E-state index in [-0.39, 0.29) is 4.90 Å². The van der Waals surface area contributed by atoms with E-state index >= 15 is 0 Å².